The van der Waals surface area contributed by atoms with E-state index in [1.807, 2.05) is 44.2 Å². The molecule has 31 heavy (non-hydrogen) atoms. The minimum atomic E-state index is -0.294. The zero-order chi connectivity index (χ0) is 21.7. The Balaban J connectivity index is 1.87. The molecule has 0 aliphatic carbocycles. The number of pyridine rings is 2. The van der Waals surface area contributed by atoms with Crippen molar-refractivity contribution in [1.29, 1.82) is 0 Å². The molecular formula is C23H17ClN4O3. The van der Waals surface area contributed by atoms with Crippen molar-refractivity contribution >= 4 is 33.7 Å². The molecular weight excluding hydrogens is 416 g/mol. The SMILES string of the molecule is CC(C)n1cc(-c2nc3c(=O)cc[nH]c3nc2-c2cc3ccccc3o2)cc(Cl)c1=O. The minimum absolute atomic E-state index is 0.0608. The predicted octanol–water partition coefficient (Wildman–Crippen LogP) is 4.79. The Morgan fingerprint density at radius 2 is 1.87 bits per heavy atom. The molecule has 0 aliphatic rings. The Morgan fingerprint density at radius 1 is 1.06 bits per heavy atom. The molecule has 1 aromatic carbocycles. The molecule has 0 aliphatic heterocycles. The fraction of sp³-hybridized carbons (Fsp3) is 0.130. The molecule has 5 aromatic rings. The van der Waals surface area contributed by atoms with Gasteiger partial charge in [0.15, 0.2) is 16.9 Å². The van der Waals surface area contributed by atoms with Gasteiger partial charge in [-0.2, -0.15) is 0 Å². The number of nitrogens with zero attached hydrogens (tertiary/aromatic N) is 3. The Bertz CT molecular complexity index is 1550. The lowest BCUT2D eigenvalue weighted by Gasteiger charge is -2.14. The lowest BCUT2D eigenvalue weighted by atomic mass is 10.1. The molecule has 0 bridgehead atoms. The van der Waals surface area contributed by atoms with Crippen LogP contribution in [0.3, 0.4) is 0 Å². The first-order valence-electron chi connectivity index (χ1n) is 9.73. The van der Waals surface area contributed by atoms with Gasteiger partial charge in [0, 0.05) is 35.5 Å². The monoisotopic (exact) mass is 432 g/mol. The van der Waals surface area contributed by atoms with E-state index in [1.54, 1.807) is 12.3 Å². The summed E-state index contributed by atoms with van der Waals surface area (Å²) in [6.45, 7) is 3.77. The van der Waals surface area contributed by atoms with Crippen LogP contribution in [0.25, 0.3) is 44.8 Å². The van der Waals surface area contributed by atoms with Gasteiger partial charge in [0.2, 0.25) is 5.43 Å². The summed E-state index contributed by atoms with van der Waals surface area (Å²) in [5.74, 6) is 0.494. The molecule has 0 amide bonds. The maximum atomic E-state index is 12.5. The van der Waals surface area contributed by atoms with Crippen molar-refractivity contribution in [2.24, 2.45) is 0 Å². The van der Waals surface area contributed by atoms with E-state index in [1.165, 1.54) is 16.8 Å². The summed E-state index contributed by atoms with van der Waals surface area (Å²) >= 11 is 6.25. The highest BCUT2D eigenvalue weighted by Gasteiger charge is 2.20. The molecule has 8 heteroatoms. The molecule has 7 nitrogen and oxygen atoms in total. The van der Waals surface area contributed by atoms with Gasteiger partial charge in [-0.1, -0.05) is 29.8 Å². The van der Waals surface area contributed by atoms with Crippen LogP contribution in [-0.4, -0.2) is 19.5 Å². The van der Waals surface area contributed by atoms with E-state index in [0.29, 0.717) is 33.9 Å². The summed E-state index contributed by atoms with van der Waals surface area (Å²) in [6.07, 6.45) is 3.20. The van der Waals surface area contributed by atoms with E-state index in [0.717, 1.165) is 5.39 Å². The van der Waals surface area contributed by atoms with Crippen molar-refractivity contribution in [2.45, 2.75) is 19.9 Å². The number of aromatic nitrogens is 4. The van der Waals surface area contributed by atoms with Gasteiger partial charge in [-0.15, -0.1) is 0 Å². The third-order valence-electron chi connectivity index (χ3n) is 5.07. The fourth-order valence-corrected chi connectivity index (χ4v) is 3.75. The van der Waals surface area contributed by atoms with Gasteiger partial charge in [0.1, 0.15) is 22.0 Å². The summed E-state index contributed by atoms with van der Waals surface area (Å²) < 4.78 is 7.56. The fourth-order valence-electron chi connectivity index (χ4n) is 3.54. The van der Waals surface area contributed by atoms with Crippen molar-refractivity contribution in [1.82, 2.24) is 19.5 Å². The number of hydrogen-bond donors (Lipinski definition) is 1. The van der Waals surface area contributed by atoms with E-state index in [4.69, 9.17) is 16.0 Å². The van der Waals surface area contributed by atoms with Crippen molar-refractivity contribution in [3.63, 3.8) is 0 Å². The maximum absolute atomic E-state index is 12.5. The number of nitrogens with one attached hydrogen (secondary N) is 1. The second-order valence-corrected chi connectivity index (χ2v) is 7.90. The van der Waals surface area contributed by atoms with Crippen LogP contribution >= 0.6 is 11.6 Å². The zero-order valence-electron chi connectivity index (χ0n) is 16.7. The lowest BCUT2D eigenvalue weighted by Crippen LogP contribution is -2.22. The van der Waals surface area contributed by atoms with Crippen molar-refractivity contribution < 1.29 is 4.42 Å². The smallest absolute Gasteiger partial charge is 0.269 e. The molecule has 0 saturated carbocycles. The van der Waals surface area contributed by atoms with E-state index in [9.17, 15) is 9.59 Å². The van der Waals surface area contributed by atoms with Gasteiger partial charge in [-0.25, -0.2) is 9.97 Å². The molecule has 0 radical (unpaired) electrons. The number of halogens is 1. The molecule has 0 atom stereocenters. The van der Waals surface area contributed by atoms with Crippen LogP contribution in [0.2, 0.25) is 5.02 Å². The number of para-hydroxylation sites is 1. The first-order chi connectivity index (χ1) is 14.9. The molecule has 1 N–H and O–H groups in total. The molecule has 0 saturated heterocycles. The number of hydrogen-bond acceptors (Lipinski definition) is 5. The van der Waals surface area contributed by atoms with Crippen molar-refractivity contribution in [3.05, 3.63) is 80.5 Å². The molecule has 0 spiro atoms. The highest BCUT2D eigenvalue weighted by Crippen LogP contribution is 2.34. The predicted molar refractivity (Wildman–Crippen MR) is 120 cm³/mol. The van der Waals surface area contributed by atoms with E-state index in [2.05, 4.69) is 15.0 Å². The average Bonchev–Trinajstić information content (AvgIpc) is 3.19. The largest absolute Gasteiger partial charge is 0.454 e. The standard InChI is InChI=1S/C23H17ClN4O3/c1-12(2)28-11-14(9-15(24)23(28)30)19-21(18-10-13-5-3-4-6-17(13)31-18)27-22-20(26-19)16(29)7-8-25-22/h3-12H,1-2H3,(H,25,27,29). The van der Waals surface area contributed by atoms with Crippen molar-refractivity contribution in [2.75, 3.05) is 0 Å². The number of benzene rings is 1. The van der Waals surface area contributed by atoms with Crippen LogP contribution in [0, 0.1) is 0 Å². The number of aromatic amines is 1. The van der Waals surface area contributed by atoms with Gasteiger partial charge >= 0.3 is 0 Å². The Kier molecular flexibility index (Phi) is 4.48. The number of H-pyrrole nitrogens is 1. The summed E-state index contributed by atoms with van der Waals surface area (Å²) in [4.78, 5) is 37.1. The second-order valence-electron chi connectivity index (χ2n) is 7.49. The van der Waals surface area contributed by atoms with Crippen LogP contribution in [0.4, 0.5) is 0 Å². The van der Waals surface area contributed by atoms with Crippen LogP contribution in [0.5, 0.6) is 0 Å². The molecule has 4 heterocycles. The minimum Gasteiger partial charge on any atom is -0.454 e. The van der Waals surface area contributed by atoms with Gasteiger partial charge < -0.3 is 14.0 Å². The van der Waals surface area contributed by atoms with Gasteiger partial charge in [0.05, 0.1) is 0 Å². The van der Waals surface area contributed by atoms with E-state index < -0.39 is 0 Å². The average molecular weight is 433 g/mol. The molecule has 154 valence electrons. The summed E-state index contributed by atoms with van der Waals surface area (Å²) in [7, 11) is 0. The summed E-state index contributed by atoms with van der Waals surface area (Å²) in [6, 6.07) is 12.3. The number of furan rings is 1. The molecule has 5 rings (SSSR count). The highest BCUT2D eigenvalue weighted by atomic mass is 35.5. The van der Waals surface area contributed by atoms with Crippen LogP contribution in [0.15, 0.2) is 68.9 Å². The number of fused-ring (bicyclic) bond motifs is 2. The Hall–Kier alpha value is -3.71. The summed E-state index contributed by atoms with van der Waals surface area (Å²) in [5.41, 5.74) is 2.09. The zero-order valence-corrected chi connectivity index (χ0v) is 17.5. The third kappa shape index (κ3) is 3.23. The first-order valence-corrected chi connectivity index (χ1v) is 10.1. The van der Waals surface area contributed by atoms with Crippen LogP contribution in [-0.2, 0) is 0 Å². The normalized spacial score (nSPS) is 11.6. The third-order valence-corrected chi connectivity index (χ3v) is 5.34. The Morgan fingerprint density at radius 3 is 2.65 bits per heavy atom. The first kappa shape index (κ1) is 19.3. The maximum Gasteiger partial charge on any atom is 0.269 e. The summed E-state index contributed by atoms with van der Waals surface area (Å²) in [5, 5.41) is 0.975. The van der Waals surface area contributed by atoms with E-state index in [-0.39, 0.29) is 27.6 Å². The van der Waals surface area contributed by atoms with Crippen molar-refractivity contribution in [3.8, 4) is 22.7 Å². The lowest BCUT2D eigenvalue weighted by molar-refractivity contribution is 0.579. The Labute approximate surface area is 181 Å². The van der Waals surface area contributed by atoms with Gasteiger partial charge in [0.25, 0.3) is 5.56 Å². The van der Waals surface area contributed by atoms with Crippen LogP contribution < -0.4 is 11.0 Å². The topological polar surface area (TPSA) is 93.8 Å². The second kappa shape index (κ2) is 7.21. The molecule has 4 aromatic heterocycles. The van der Waals surface area contributed by atoms with Gasteiger partial charge in [-0.3, -0.25) is 9.59 Å². The van der Waals surface area contributed by atoms with Crippen LogP contribution in [0.1, 0.15) is 19.9 Å². The van der Waals surface area contributed by atoms with Gasteiger partial charge in [-0.05, 0) is 32.0 Å². The highest BCUT2D eigenvalue weighted by molar-refractivity contribution is 6.30. The number of rotatable bonds is 3. The molecule has 0 unspecified atom stereocenters. The molecule has 0 fully saturated rings. The quantitative estimate of drug-likeness (QED) is 0.442. The van der Waals surface area contributed by atoms with E-state index >= 15 is 0 Å².